The van der Waals surface area contributed by atoms with Crippen LogP contribution in [0.25, 0.3) is 0 Å². The molecule has 2 aromatic heterocycles. The number of halogens is 1. The van der Waals surface area contributed by atoms with E-state index in [-0.39, 0.29) is 30.1 Å². The predicted octanol–water partition coefficient (Wildman–Crippen LogP) is 3.55. The molecule has 0 saturated carbocycles. The summed E-state index contributed by atoms with van der Waals surface area (Å²) in [4.78, 5) is 22.1. The first-order chi connectivity index (χ1) is 14.1. The fourth-order valence-corrected chi connectivity index (χ4v) is 3.84. The number of nitrogens with one attached hydrogen (secondary N) is 3. The monoisotopic (exact) mass is 409 g/mol. The van der Waals surface area contributed by atoms with Crippen molar-refractivity contribution in [1.29, 1.82) is 0 Å². The highest BCUT2D eigenvalue weighted by Gasteiger charge is 2.40. The van der Waals surface area contributed by atoms with Gasteiger partial charge in [0.05, 0.1) is 23.5 Å². The number of para-hydroxylation sites is 1. The first-order valence-electron chi connectivity index (χ1n) is 9.29. The minimum absolute atomic E-state index is 0.131. The third-order valence-electron chi connectivity index (χ3n) is 4.87. The van der Waals surface area contributed by atoms with Crippen molar-refractivity contribution < 1.29 is 9.18 Å². The van der Waals surface area contributed by atoms with E-state index in [1.807, 2.05) is 41.4 Å². The third-order valence-corrected chi connectivity index (χ3v) is 5.22. The minimum atomic E-state index is -0.460. The molecule has 0 spiro atoms. The second kappa shape index (κ2) is 8.40. The van der Waals surface area contributed by atoms with Gasteiger partial charge < -0.3 is 20.5 Å². The summed E-state index contributed by atoms with van der Waals surface area (Å²) in [5.41, 5.74) is 2.02. The average molecular weight is 409 g/mol. The van der Waals surface area contributed by atoms with E-state index in [0.29, 0.717) is 11.7 Å². The van der Waals surface area contributed by atoms with E-state index in [1.165, 1.54) is 12.1 Å². The summed E-state index contributed by atoms with van der Waals surface area (Å²) in [5.74, 6) is -0.733. The maximum Gasteiger partial charge on any atom is 0.226 e. The Bertz CT molecular complexity index is 995. The van der Waals surface area contributed by atoms with Gasteiger partial charge in [0.25, 0.3) is 0 Å². The van der Waals surface area contributed by atoms with Crippen LogP contribution in [0.3, 0.4) is 0 Å². The largest absolute Gasteiger partial charge is 0.363 e. The molecule has 3 heterocycles. The lowest BCUT2D eigenvalue weighted by Gasteiger charge is -2.26. The van der Waals surface area contributed by atoms with Crippen molar-refractivity contribution in [2.75, 3.05) is 11.9 Å². The lowest BCUT2D eigenvalue weighted by molar-refractivity contribution is -0.116. The summed E-state index contributed by atoms with van der Waals surface area (Å²) in [7, 11) is 0. The van der Waals surface area contributed by atoms with Crippen LogP contribution in [-0.4, -0.2) is 32.4 Å². The number of carbonyl (C=O) groups is 1. The Hall–Kier alpha value is -3.26. The van der Waals surface area contributed by atoms with Crippen LogP contribution in [0.1, 0.15) is 29.9 Å². The number of benzene rings is 1. The molecular formula is C21H20FN5OS. The Labute approximate surface area is 173 Å². The number of rotatable bonds is 6. The maximum atomic E-state index is 13.8. The summed E-state index contributed by atoms with van der Waals surface area (Å²) >= 11 is 5.55. The Morgan fingerprint density at radius 2 is 2.00 bits per heavy atom. The number of pyridine rings is 1. The highest BCUT2D eigenvalue weighted by molar-refractivity contribution is 7.80. The molecule has 1 aromatic carbocycles. The van der Waals surface area contributed by atoms with Gasteiger partial charge in [0.1, 0.15) is 5.82 Å². The van der Waals surface area contributed by atoms with Crippen molar-refractivity contribution in [3.63, 3.8) is 0 Å². The normalized spacial score (nSPS) is 18.5. The molecule has 6 nitrogen and oxygen atoms in total. The van der Waals surface area contributed by atoms with E-state index < -0.39 is 5.82 Å². The number of nitrogens with zero attached hydrogens (tertiary/aromatic N) is 2. The average Bonchev–Trinajstić information content (AvgIpc) is 3.36. The van der Waals surface area contributed by atoms with E-state index in [4.69, 9.17) is 12.2 Å². The van der Waals surface area contributed by atoms with Crippen LogP contribution in [0.15, 0.2) is 67.0 Å². The smallest absolute Gasteiger partial charge is 0.226 e. The first kappa shape index (κ1) is 19.1. The third kappa shape index (κ3) is 4.12. The zero-order valence-electron chi connectivity index (χ0n) is 15.5. The molecule has 1 saturated heterocycles. The zero-order valence-corrected chi connectivity index (χ0v) is 16.3. The highest BCUT2D eigenvalue weighted by atomic mass is 32.1. The van der Waals surface area contributed by atoms with E-state index in [1.54, 1.807) is 18.3 Å². The van der Waals surface area contributed by atoms with Gasteiger partial charge in [0, 0.05) is 31.1 Å². The van der Waals surface area contributed by atoms with Crippen molar-refractivity contribution in [3.8, 4) is 0 Å². The Balaban J connectivity index is 1.50. The van der Waals surface area contributed by atoms with Gasteiger partial charge in [-0.2, -0.15) is 0 Å². The Morgan fingerprint density at radius 1 is 1.17 bits per heavy atom. The lowest BCUT2D eigenvalue weighted by Crippen LogP contribution is -2.32. The molecule has 1 aliphatic rings. The van der Waals surface area contributed by atoms with Crippen molar-refractivity contribution in [2.24, 2.45) is 0 Å². The summed E-state index contributed by atoms with van der Waals surface area (Å²) in [6, 6.07) is 15.5. The molecule has 4 rings (SSSR count). The topological polar surface area (TPSA) is 73.0 Å². The maximum absolute atomic E-state index is 13.8. The van der Waals surface area contributed by atoms with E-state index >= 15 is 0 Å². The van der Waals surface area contributed by atoms with Crippen LogP contribution in [0.5, 0.6) is 0 Å². The predicted molar refractivity (Wildman–Crippen MR) is 113 cm³/mol. The second-order valence-corrected chi connectivity index (χ2v) is 7.11. The van der Waals surface area contributed by atoms with Gasteiger partial charge in [-0.15, -0.1) is 0 Å². The Kier molecular flexibility index (Phi) is 5.53. The minimum Gasteiger partial charge on any atom is -0.363 e. The summed E-state index contributed by atoms with van der Waals surface area (Å²) in [5, 5.41) is 6.50. The highest BCUT2D eigenvalue weighted by Crippen LogP contribution is 2.37. The van der Waals surface area contributed by atoms with Crippen molar-refractivity contribution in [2.45, 2.75) is 18.5 Å². The number of thiocarbonyl (C=S) groups is 1. The molecule has 1 amide bonds. The molecule has 0 radical (unpaired) electrons. The number of aromatic nitrogens is 2. The molecule has 29 heavy (non-hydrogen) atoms. The SMILES string of the molecule is O=C(CCN1C(=S)NC(c2ccccn2)C1c1ccc[nH]1)Nc1ccccc1F. The number of amides is 1. The fraction of sp³-hybridized carbons (Fsp3) is 0.190. The number of anilines is 1. The molecule has 1 aliphatic heterocycles. The second-order valence-electron chi connectivity index (χ2n) is 6.72. The molecule has 3 aromatic rings. The molecular weight excluding hydrogens is 389 g/mol. The van der Waals surface area contributed by atoms with Gasteiger partial charge in [0.15, 0.2) is 5.11 Å². The van der Waals surface area contributed by atoms with E-state index in [2.05, 4.69) is 20.6 Å². The number of hydrogen-bond acceptors (Lipinski definition) is 3. The molecule has 0 bridgehead atoms. The van der Waals surface area contributed by atoms with Gasteiger partial charge in [-0.05, 0) is 48.6 Å². The lowest BCUT2D eigenvalue weighted by atomic mass is 10.0. The zero-order chi connectivity index (χ0) is 20.2. The molecule has 2 atom stereocenters. The van der Waals surface area contributed by atoms with Crippen molar-refractivity contribution in [1.82, 2.24) is 20.2 Å². The van der Waals surface area contributed by atoms with Crippen LogP contribution in [0.2, 0.25) is 0 Å². The van der Waals surface area contributed by atoms with Crippen LogP contribution in [0, 0.1) is 5.82 Å². The molecule has 148 valence electrons. The van der Waals surface area contributed by atoms with Gasteiger partial charge in [-0.3, -0.25) is 9.78 Å². The Morgan fingerprint density at radius 3 is 2.72 bits per heavy atom. The van der Waals surface area contributed by atoms with Gasteiger partial charge in [0.2, 0.25) is 5.91 Å². The van der Waals surface area contributed by atoms with E-state index in [9.17, 15) is 9.18 Å². The number of carbonyl (C=O) groups excluding carboxylic acids is 1. The van der Waals surface area contributed by atoms with Crippen molar-refractivity contribution >= 4 is 28.9 Å². The molecule has 2 unspecified atom stereocenters. The van der Waals surface area contributed by atoms with Gasteiger partial charge in [-0.25, -0.2) is 4.39 Å². The quantitative estimate of drug-likeness (QED) is 0.543. The molecule has 0 aliphatic carbocycles. The standard InChI is InChI=1S/C21H20FN5OS/c22-14-6-1-2-7-15(14)25-18(28)10-13-27-20(17-9-5-12-24-17)19(26-21(27)29)16-8-3-4-11-23-16/h1-9,11-12,19-20,24H,10,13H2,(H,25,28)(H,26,29). The van der Waals surface area contributed by atoms with E-state index in [0.717, 1.165) is 11.4 Å². The van der Waals surface area contributed by atoms with Gasteiger partial charge >= 0.3 is 0 Å². The van der Waals surface area contributed by atoms with Crippen LogP contribution in [-0.2, 0) is 4.79 Å². The summed E-state index contributed by atoms with van der Waals surface area (Å²) in [6.45, 7) is 0.388. The molecule has 3 N–H and O–H groups in total. The number of hydrogen-bond donors (Lipinski definition) is 3. The van der Waals surface area contributed by atoms with Crippen LogP contribution >= 0.6 is 12.2 Å². The summed E-state index contributed by atoms with van der Waals surface area (Å²) < 4.78 is 13.8. The first-order valence-corrected chi connectivity index (χ1v) is 9.70. The fourth-order valence-electron chi connectivity index (χ4n) is 3.51. The molecule has 8 heteroatoms. The summed E-state index contributed by atoms with van der Waals surface area (Å²) in [6.07, 6.45) is 3.77. The van der Waals surface area contributed by atoms with Crippen molar-refractivity contribution in [3.05, 3.63) is 84.2 Å². The molecule has 1 fully saturated rings. The number of H-pyrrole nitrogens is 1. The van der Waals surface area contributed by atoms with Crippen LogP contribution in [0.4, 0.5) is 10.1 Å². The number of aromatic amines is 1. The van der Waals surface area contributed by atoms with Gasteiger partial charge in [-0.1, -0.05) is 18.2 Å². The van der Waals surface area contributed by atoms with Crippen LogP contribution < -0.4 is 10.6 Å².